The summed E-state index contributed by atoms with van der Waals surface area (Å²) in [5.41, 5.74) is 7.73. The van der Waals surface area contributed by atoms with Crippen molar-refractivity contribution < 1.29 is 4.52 Å². The van der Waals surface area contributed by atoms with Crippen molar-refractivity contribution in [1.29, 1.82) is 0 Å². The van der Waals surface area contributed by atoms with Crippen LogP contribution in [0, 0.1) is 0 Å². The van der Waals surface area contributed by atoms with Crippen LogP contribution in [-0.4, -0.2) is 23.1 Å². The Bertz CT molecular complexity index is 356. The number of aromatic nitrogens is 1. The summed E-state index contributed by atoms with van der Waals surface area (Å²) >= 11 is 0. The van der Waals surface area contributed by atoms with Crippen molar-refractivity contribution in [3.8, 4) is 0 Å². The molecule has 0 aliphatic carbocycles. The predicted molar refractivity (Wildman–Crippen MR) is 58.0 cm³/mol. The van der Waals surface area contributed by atoms with Crippen LogP contribution in [0.4, 0.5) is 0 Å². The highest BCUT2D eigenvalue weighted by Crippen LogP contribution is 2.13. The molecule has 0 atom stereocenters. The lowest BCUT2D eigenvalue weighted by atomic mass is 10.1. The number of hydrogen-bond donors (Lipinski definition) is 1. The largest absolute Gasteiger partial charge is 0.360 e. The van der Waals surface area contributed by atoms with Crippen molar-refractivity contribution in [2.45, 2.75) is 26.4 Å². The van der Waals surface area contributed by atoms with E-state index in [1.165, 1.54) is 5.57 Å². The number of nitrogens with two attached hydrogens (primary N) is 1. The second-order valence-electron chi connectivity index (χ2n) is 4.04. The molecule has 1 aliphatic rings. The Morgan fingerprint density at radius 3 is 3.13 bits per heavy atom. The fourth-order valence-corrected chi connectivity index (χ4v) is 1.87. The van der Waals surface area contributed by atoms with Crippen LogP contribution in [-0.2, 0) is 13.1 Å². The molecule has 1 aromatic heterocycles. The van der Waals surface area contributed by atoms with Gasteiger partial charge in [0.1, 0.15) is 0 Å². The molecule has 2 N–H and O–H groups in total. The standard InChI is InChI=1S/C11H17N3O/c1-9-3-2-4-14(7-9)8-11-5-10(6-12)13-15-11/h3,5H,2,4,6-8,12H2,1H3. The van der Waals surface area contributed by atoms with Crippen LogP contribution in [0.3, 0.4) is 0 Å². The van der Waals surface area contributed by atoms with E-state index in [0.717, 1.165) is 37.5 Å². The second kappa shape index (κ2) is 4.59. The average molecular weight is 207 g/mol. The Hall–Kier alpha value is -1.13. The molecule has 0 saturated heterocycles. The highest BCUT2D eigenvalue weighted by atomic mass is 16.5. The Labute approximate surface area is 89.7 Å². The van der Waals surface area contributed by atoms with Crippen LogP contribution >= 0.6 is 0 Å². The Morgan fingerprint density at radius 1 is 1.60 bits per heavy atom. The number of rotatable bonds is 3. The first-order chi connectivity index (χ1) is 7.28. The van der Waals surface area contributed by atoms with Gasteiger partial charge in [-0.15, -0.1) is 0 Å². The van der Waals surface area contributed by atoms with Gasteiger partial charge in [0.15, 0.2) is 5.76 Å². The topological polar surface area (TPSA) is 55.3 Å². The molecule has 0 saturated carbocycles. The van der Waals surface area contributed by atoms with Gasteiger partial charge in [-0.25, -0.2) is 0 Å². The molecule has 0 amide bonds. The summed E-state index contributed by atoms with van der Waals surface area (Å²) in [6.07, 6.45) is 3.42. The van der Waals surface area contributed by atoms with Gasteiger partial charge >= 0.3 is 0 Å². The van der Waals surface area contributed by atoms with Crippen LogP contribution < -0.4 is 5.73 Å². The van der Waals surface area contributed by atoms with Crippen molar-refractivity contribution in [2.24, 2.45) is 5.73 Å². The highest BCUT2D eigenvalue weighted by Gasteiger charge is 2.12. The molecular formula is C11H17N3O. The van der Waals surface area contributed by atoms with Gasteiger partial charge in [-0.3, -0.25) is 4.90 Å². The first-order valence-electron chi connectivity index (χ1n) is 5.30. The van der Waals surface area contributed by atoms with Crippen LogP contribution in [0.2, 0.25) is 0 Å². The summed E-state index contributed by atoms with van der Waals surface area (Å²) in [4.78, 5) is 2.36. The number of nitrogens with zero attached hydrogens (tertiary/aromatic N) is 2. The molecule has 15 heavy (non-hydrogen) atoms. The van der Waals surface area contributed by atoms with Crippen LogP contribution in [0.5, 0.6) is 0 Å². The third-order valence-electron chi connectivity index (χ3n) is 2.61. The first kappa shape index (κ1) is 10.4. The van der Waals surface area contributed by atoms with Crippen molar-refractivity contribution >= 4 is 0 Å². The molecule has 82 valence electrons. The van der Waals surface area contributed by atoms with E-state index in [1.54, 1.807) is 0 Å². The maximum atomic E-state index is 5.47. The zero-order chi connectivity index (χ0) is 10.7. The Morgan fingerprint density at radius 2 is 2.47 bits per heavy atom. The minimum Gasteiger partial charge on any atom is -0.360 e. The quantitative estimate of drug-likeness (QED) is 0.759. The summed E-state index contributed by atoms with van der Waals surface area (Å²) in [6.45, 7) is 5.56. The van der Waals surface area contributed by atoms with Gasteiger partial charge in [0, 0.05) is 25.7 Å². The fraction of sp³-hybridized carbons (Fsp3) is 0.545. The monoisotopic (exact) mass is 207 g/mol. The van der Waals surface area contributed by atoms with E-state index in [0.29, 0.717) is 6.54 Å². The molecule has 0 aromatic carbocycles. The third-order valence-corrected chi connectivity index (χ3v) is 2.61. The molecule has 0 spiro atoms. The van der Waals surface area contributed by atoms with Gasteiger partial charge in [-0.2, -0.15) is 0 Å². The summed E-state index contributed by atoms with van der Waals surface area (Å²) in [5, 5.41) is 3.88. The molecule has 1 aromatic rings. The molecule has 4 nitrogen and oxygen atoms in total. The molecule has 0 radical (unpaired) electrons. The van der Waals surface area contributed by atoms with Gasteiger partial charge in [0.05, 0.1) is 12.2 Å². The van der Waals surface area contributed by atoms with E-state index in [4.69, 9.17) is 10.3 Å². The van der Waals surface area contributed by atoms with Gasteiger partial charge in [0.2, 0.25) is 0 Å². The molecule has 1 aliphatic heterocycles. The average Bonchev–Trinajstić information content (AvgIpc) is 2.65. The van der Waals surface area contributed by atoms with Gasteiger partial charge in [0.25, 0.3) is 0 Å². The lowest BCUT2D eigenvalue weighted by Gasteiger charge is -2.24. The Balaban J connectivity index is 1.94. The normalized spacial score (nSPS) is 17.9. The van der Waals surface area contributed by atoms with Crippen molar-refractivity contribution in [1.82, 2.24) is 10.1 Å². The summed E-state index contributed by atoms with van der Waals surface area (Å²) in [6, 6.07) is 1.94. The minimum atomic E-state index is 0.447. The predicted octanol–water partition coefficient (Wildman–Crippen LogP) is 1.29. The molecule has 2 rings (SSSR count). The Kier molecular flexibility index (Phi) is 3.18. The van der Waals surface area contributed by atoms with E-state index < -0.39 is 0 Å². The first-order valence-corrected chi connectivity index (χ1v) is 5.30. The molecular weight excluding hydrogens is 190 g/mol. The maximum Gasteiger partial charge on any atom is 0.151 e. The smallest absolute Gasteiger partial charge is 0.151 e. The van der Waals surface area contributed by atoms with E-state index >= 15 is 0 Å². The summed E-state index contributed by atoms with van der Waals surface area (Å²) in [5.74, 6) is 0.908. The summed E-state index contributed by atoms with van der Waals surface area (Å²) in [7, 11) is 0. The highest BCUT2D eigenvalue weighted by molar-refractivity contribution is 5.08. The van der Waals surface area contributed by atoms with Gasteiger partial charge in [-0.05, 0) is 13.3 Å². The van der Waals surface area contributed by atoms with Crippen molar-refractivity contribution in [2.75, 3.05) is 13.1 Å². The third kappa shape index (κ3) is 2.67. The molecule has 0 bridgehead atoms. The minimum absolute atomic E-state index is 0.447. The van der Waals surface area contributed by atoms with E-state index in [9.17, 15) is 0 Å². The van der Waals surface area contributed by atoms with E-state index in [2.05, 4.69) is 23.1 Å². The molecule has 0 fully saturated rings. The van der Waals surface area contributed by atoms with Gasteiger partial charge in [-0.1, -0.05) is 16.8 Å². The maximum absolute atomic E-state index is 5.47. The lowest BCUT2D eigenvalue weighted by Crippen LogP contribution is -2.28. The fourth-order valence-electron chi connectivity index (χ4n) is 1.87. The second-order valence-corrected chi connectivity index (χ2v) is 4.04. The van der Waals surface area contributed by atoms with Crippen molar-refractivity contribution in [3.63, 3.8) is 0 Å². The van der Waals surface area contributed by atoms with E-state index in [1.807, 2.05) is 6.07 Å². The van der Waals surface area contributed by atoms with Gasteiger partial charge < -0.3 is 10.3 Å². The van der Waals surface area contributed by atoms with Crippen LogP contribution in [0.25, 0.3) is 0 Å². The molecule has 2 heterocycles. The van der Waals surface area contributed by atoms with Crippen molar-refractivity contribution in [3.05, 3.63) is 29.2 Å². The van der Waals surface area contributed by atoms with E-state index in [-0.39, 0.29) is 0 Å². The zero-order valence-corrected chi connectivity index (χ0v) is 9.07. The zero-order valence-electron chi connectivity index (χ0n) is 9.07. The number of hydrogen-bond acceptors (Lipinski definition) is 4. The lowest BCUT2D eigenvalue weighted by molar-refractivity contribution is 0.242. The SMILES string of the molecule is CC1=CCCN(Cc2cc(CN)no2)C1. The van der Waals surface area contributed by atoms with Crippen LogP contribution in [0.1, 0.15) is 24.8 Å². The molecule has 4 heteroatoms. The summed E-state index contributed by atoms with van der Waals surface area (Å²) < 4.78 is 5.20. The van der Waals surface area contributed by atoms with Crippen LogP contribution in [0.15, 0.2) is 22.2 Å². The molecule has 0 unspecified atom stereocenters.